The maximum atomic E-state index is 6.65. The number of nitrogens with zero attached hydrogens (tertiary/aromatic N) is 3. The number of fused-ring (bicyclic) bond motifs is 15. The number of rotatable bonds is 4. The number of furan rings is 1. The summed E-state index contributed by atoms with van der Waals surface area (Å²) in [4.78, 5) is 16.0. The van der Waals surface area contributed by atoms with E-state index >= 15 is 0 Å². The van der Waals surface area contributed by atoms with Crippen LogP contribution in [0.5, 0.6) is 11.5 Å². The maximum absolute atomic E-state index is 6.65. The van der Waals surface area contributed by atoms with E-state index in [1.807, 2.05) is 42.5 Å². The van der Waals surface area contributed by atoms with Crippen molar-refractivity contribution < 1.29 is 9.15 Å². The highest BCUT2D eigenvalue weighted by molar-refractivity contribution is 6.14. The van der Waals surface area contributed by atoms with Crippen LogP contribution in [0.1, 0.15) is 22.3 Å². The van der Waals surface area contributed by atoms with Gasteiger partial charge in [0, 0.05) is 54.9 Å². The topological polar surface area (TPSA) is 61.0 Å². The number of aromatic nitrogens is 3. The zero-order valence-corrected chi connectivity index (χ0v) is 34.9. The SMILES string of the molecule is c1ccc(-c2nc(-c3cccc(-c4nc5ccccc5c5cc6c(cc45)-c4ccccc4C64c5ccccc5Oc5ccccc54)c3)cc(-c3cccc4oc5ccccc5c34)n2)cc1. The second kappa shape index (κ2) is 13.7. The second-order valence-electron chi connectivity index (χ2n) is 17.0. The summed E-state index contributed by atoms with van der Waals surface area (Å²) < 4.78 is 13.0. The minimum atomic E-state index is -0.579. The number of hydrogen-bond acceptors (Lipinski definition) is 5. The van der Waals surface area contributed by atoms with Crippen molar-refractivity contribution in [1.29, 1.82) is 0 Å². The van der Waals surface area contributed by atoms with Crippen molar-refractivity contribution >= 4 is 43.6 Å². The van der Waals surface area contributed by atoms with Crippen molar-refractivity contribution in [1.82, 2.24) is 15.0 Å². The van der Waals surface area contributed by atoms with Crippen LogP contribution < -0.4 is 4.74 Å². The van der Waals surface area contributed by atoms with Crippen molar-refractivity contribution in [2.75, 3.05) is 0 Å². The number of hydrogen-bond donors (Lipinski definition) is 0. The average Bonchev–Trinajstić information content (AvgIpc) is 3.89. The summed E-state index contributed by atoms with van der Waals surface area (Å²) in [6.45, 7) is 0. The van der Waals surface area contributed by atoms with Crippen LogP contribution in [0.3, 0.4) is 0 Å². The Morgan fingerprint density at radius 2 is 0.985 bits per heavy atom. The Balaban J connectivity index is 1.01. The molecule has 0 unspecified atom stereocenters. The summed E-state index contributed by atoms with van der Waals surface area (Å²) in [7, 11) is 0. The van der Waals surface area contributed by atoms with Gasteiger partial charge in [-0.25, -0.2) is 15.0 Å². The molecule has 2 aliphatic rings. The molecule has 12 aromatic rings. The zero-order chi connectivity index (χ0) is 42.6. The fraction of sp³-hybridized carbons (Fsp3) is 0.0167. The van der Waals surface area contributed by atoms with Crippen LogP contribution in [0, 0.1) is 0 Å². The fourth-order valence-electron chi connectivity index (χ4n) is 10.8. The van der Waals surface area contributed by atoms with Crippen LogP contribution in [-0.4, -0.2) is 15.0 Å². The summed E-state index contributed by atoms with van der Waals surface area (Å²) in [6.07, 6.45) is 0. The molecule has 0 atom stereocenters. The van der Waals surface area contributed by atoms with E-state index in [-0.39, 0.29) is 0 Å². The van der Waals surface area contributed by atoms with Gasteiger partial charge in [0.2, 0.25) is 0 Å². The number of para-hydroxylation sites is 4. The van der Waals surface area contributed by atoms with Crippen molar-refractivity contribution in [2.45, 2.75) is 5.41 Å². The summed E-state index contributed by atoms with van der Waals surface area (Å²) in [5, 5.41) is 5.45. The standard InChI is InChI=1S/C60H35N3O2/c1-2-16-36(17-3-1)59-62-51(35-52(63-59)41-23-15-31-56-57(41)42-22-6-11-28-53(42)64-56)37-18-14-19-38(32-37)58-45-33-44-39-20-4-7-24-46(39)60(49(44)34-43(45)40-21-5-10-27-50(40)61-58)47-25-8-12-29-54(47)65-55-30-13-9-26-48(55)60/h1-35H. The Morgan fingerprint density at radius 1 is 0.354 bits per heavy atom. The first-order chi connectivity index (χ1) is 32.2. The molecule has 65 heavy (non-hydrogen) atoms. The van der Waals surface area contributed by atoms with Gasteiger partial charge in [-0.1, -0.05) is 158 Å². The molecular weight excluding hydrogens is 795 g/mol. The molecule has 3 aromatic heterocycles. The van der Waals surface area contributed by atoms with Crippen LogP contribution in [0.15, 0.2) is 217 Å². The van der Waals surface area contributed by atoms with Crippen molar-refractivity contribution in [3.63, 3.8) is 0 Å². The van der Waals surface area contributed by atoms with E-state index in [9.17, 15) is 0 Å². The van der Waals surface area contributed by atoms with E-state index in [1.165, 1.54) is 22.3 Å². The quantitative estimate of drug-likeness (QED) is 0.165. The van der Waals surface area contributed by atoms with Gasteiger partial charge in [0.25, 0.3) is 0 Å². The molecule has 9 aromatic carbocycles. The lowest BCUT2D eigenvalue weighted by atomic mass is 9.66. The molecule has 302 valence electrons. The molecule has 0 N–H and O–H groups in total. The van der Waals surface area contributed by atoms with Gasteiger partial charge in [-0.05, 0) is 82.2 Å². The number of ether oxygens (including phenoxy) is 1. The van der Waals surface area contributed by atoms with Crippen molar-refractivity contribution in [2.24, 2.45) is 0 Å². The van der Waals surface area contributed by atoms with Gasteiger partial charge < -0.3 is 9.15 Å². The molecule has 14 rings (SSSR count). The average molecular weight is 830 g/mol. The predicted molar refractivity (Wildman–Crippen MR) is 261 cm³/mol. The van der Waals surface area contributed by atoms with E-state index in [2.05, 4.69) is 170 Å². The van der Waals surface area contributed by atoms with Gasteiger partial charge in [0.05, 0.1) is 28.0 Å². The van der Waals surface area contributed by atoms with Crippen LogP contribution in [0.2, 0.25) is 0 Å². The molecule has 1 aliphatic heterocycles. The number of pyridine rings is 1. The summed E-state index contributed by atoms with van der Waals surface area (Å²) >= 11 is 0. The summed E-state index contributed by atoms with van der Waals surface area (Å²) in [5.41, 5.74) is 15.7. The molecule has 0 amide bonds. The largest absolute Gasteiger partial charge is 0.457 e. The molecule has 0 saturated heterocycles. The minimum Gasteiger partial charge on any atom is -0.457 e. The summed E-state index contributed by atoms with van der Waals surface area (Å²) in [5.74, 6) is 2.41. The normalized spacial score (nSPS) is 13.2. The third-order valence-corrected chi connectivity index (χ3v) is 13.5. The minimum absolute atomic E-state index is 0.579. The smallest absolute Gasteiger partial charge is 0.160 e. The molecule has 4 heterocycles. The molecule has 0 radical (unpaired) electrons. The van der Waals surface area contributed by atoms with E-state index in [0.29, 0.717) is 5.82 Å². The van der Waals surface area contributed by atoms with Crippen LogP contribution >= 0.6 is 0 Å². The lowest BCUT2D eigenvalue weighted by Crippen LogP contribution is -2.32. The first-order valence-corrected chi connectivity index (χ1v) is 22.0. The third kappa shape index (κ3) is 5.18. The Morgan fingerprint density at radius 3 is 1.83 bits per heavy atom. The predicted octanol–water partition coefficient (Wildman–Crippen LogP) is 15.2. The van der Waals surface area contributed by atoms with E-state index in [1.54, 1.807) is 0 Å². The fourth-order valence-corrected chi connectivity index (χ4v) is 10.8. The van der Waals surface area contributed by atoms with Crippen LogP contribution in [0.4, 0.5) is 0 Å². The van der Waals surface area contributed by atoms with E-state index < -0.39 is 5.41 Å². The molecule has 0 bridgehead atoms. The van der Waals surface area contributed by atoms with Gasteiger partial charge in [0.1, 0.15) is 22.7 Å². The van der Waals surface area contributed by atoms with Gasteiger partial charge >= 0.3 is 0 Å². The first kappa shape index (κ1) is 35.9. The molecule has 1 spiro atoms. The Bertz CT molecular complexity index is 3900. The Labute approximate surface area is 373 Å². The van der Waals surface area contributed by atoms with Gasteiger partial charge in [0.15, 0.2) is 5.82 Å². The molecular formula is C60H35N3O2. The molecule has 5 nitrogen and oxygen atoms in total. The molecule has 5 heteroatoms. The van der Waals surface area contributed by atoms with Gasteiger partial charge in [-0.3, -0.25) is 0 Å². The number of benzene rings is 9. The third-order valence-electron chi connectivity index (χ3n) is 13.5. The maximum Gasteiger partial charge on any atom is 0.160 e. The highest BCUT2D eigenvalue weighted by Gasteiger charge is 2.51. The van der Waals surface area contributed by atoms with Crippen molar-refractivity contribution in [3.05, 3.63) is 235 Å². The summed E-state index contributed by atoms with van der Waals surface area (Å²) in [6, 6.07) is 74.7. The lowest BCUT2D eigenvalue weighted by Gasteiger charge is -2.39. The molecule has 1 aliphatic carbocycles. The molecule has 0 saturated carbocycles. The Hall–Kier alpha value is -8.67. The van der Waals surface area contributed by atoms with Crippen LogP contribution in [0.25, 0.3) is 99.9 Å². The van der Waals surface area contributed by atoms with E-state index in [0.717, 1.165) is 106 Å². The highest BCUT2D eigenvalue weighted by atomic mass is 16.5. The second-order valence-corrected chi connectivity index (χ2v) is 17.0. The van der Waals surface area contributed by atoms with Crippen molar-refractivity contribution in [3.8, 4) is 67.8 Å². The zero-order valence-electron chi connectivity index (χ0n) is 34.9. The van der Waals surface area contributed by atoms with Crippen LogP contribution in [-0.2, 0) is 5.41 Å². The monoisotopic (exact) mass is 829 g/mol. The van der Waals surface area contributed by atoms with Gasteiger partial charge in [-0.2, -0.15) is 0 Å². The first-order valence-electron chi connectivity index (χ1n) is 22.0. The van der Waals surface area contributed by atoms with E-state index in [4.69, 9.17) is 24.1 Å². The Kier molecular flexibility index (Phi) is 7.54. The lowest BCUT2D eigenvalue weighted by molar-refractivity contribution is 0.436. The molecule has 0 fully saturated rings. The highest BCUT2D eigenvalue weighted by Crippen LogP contribution is 2.62. The van der Waals surface area contributed by atoms with Gasteiger partial charge in [-0.15, -0.1) is 0 Å².